The molecule has 0 bridgehead atoms. The van der Waals surface area contributed by atoms with Gasteiger partial charge >= 0.3 is 0 Å². The predicted octanol–water partition coefficient (Wildman–Crippen LogP) is 3.08. The molecule has 0 fully saturated rings. The number of ether oxygens (including phenoxy) is 3. The third-order valence-corrected chi connectivity index (χ3v) is 2.94. The zero-order valence-corrected chi connectivity index (χ0v) is 12.9. The Bertz CT molecular complexity index is 406. The van der Waals surface area contributed by atoms with Crippen LogP contribution in [-0.4, -0.2) is 39.3 Å². The van der Waals surface area contributed by atoms with Crippen molar-refractivity contribution >= 4 is 21.7 Å². The Kier molecular flexibility index (Phi) is 7.70. The molecular formula is C14H19BrO4. The summed E-state index contributed by atoms with van der Waals surface area (Å²) in [6.07, 6.45) is 0.867. The standard InChI is InChI=1S/C14H19BrO4/c1-11(16)13-5-4-12(15)10-14(13)19-9-8-18-7-3-6-17-2/h4-5,10H,3,6-9H2,1-2H3. The molecule has 0 aromatic heterocycles. The van der Waals surface area contributed by atoms with Gasteiger partial charge in [0.2, 0.25) is 0 Å². The molecule has 0 aliphatic heterocycles. The van der Waals surface area contributed by atoms with E-state index in [1.165, 1.54) is 6.92 Å². The normalized spacial score (nSPS) is 10.5. The van der Waals surface area contributed by atoms with Crippen molar-refractivity contribution in [3.05, 3.63) is 28.2 Å². The Hall–Kier alpha value is -0.910. The molecule has 0 aliphatic rings. The number of Topliss-reactive ketones (excluding diaryl/α,β-unsaturated/α-hetero) is 1. The number of carbonyl (C=O) groups is 1. The summed E-state index contributed by atoms with van der Waals surface area (Å²) in [5, 5.41) is 0. The van der Waals surface area contributed by atoms with Crippen molar-refractivity contribution in [2.24, 2.45) is 0 Å². The van der Waals surface area contributed by atoms with E-state index in [-0.39, 0.29) is 5.78 Å². The van der Waals surface area contributed by atoms with E-state index in [0.29, 0.717) is 37.7 Å². The van der Waals surface area contributed by atoms with Gasteiger partial charge in [0, 0.05) is 24.8 Å². The molecule has 0 N–H and O–H groups in total. The minimum atomic E-state index is -0.0106. The van der Waals surface area contributed by atoms with Gasteiger partial charge in [0.25, 0.3) is 0 Å². The van der Waals surface area contributed by atoms with Gasteiger partial charge in [-0.3, -0.25) is 4.79 Å². The van der Waals surface area contributed by atoms with Crippen LogP contribution in [0.2, 0.25) is 0 Å². The van der Waals surface area contributed by atoms with Gasteiger partial charge in [0.15, 0.2) is 5.78 Å². The number of carbonyl (C=O) groups excluding carboxylic acids is 1. The van der Waals surface area contributed by atoms with Crippen molar-refractivity contribution in [1.82, 2.24) is 0 Å². The Morgan fingerprint density at radius 1 is 1.21 bits per heavy atom. The van der Waals surface area contributed by atoms with Gasteiger partial charge in [0.05, 0.1) is 12.2 Å². The maximum absolute atomic E-state index is 11.4. The molecule has 0 heterocycles. The Morgan fingerprint density at radius 3 is 2.68 bits per heavy atom. The third-order valence-electron chi connectivity index (χ3n) is 2.45. The van der Waals surface area contributed by atoms with Crippen LogP contribution >= 0.6 is 15.9 Å². The smallest absolute Gasteiger partial charge is 0.163 e. The van der Waals surface area contributed by atoms with Crippen LogP contribution in [-0.2, 0) is 9.47 Å². The maximum atomic E-state index is 11.4. The molecule has 5 heteroatoms. The van der Waals surface area contributed by atoms with Crippen LogP contribution in [0.1, 0.15) is 23.7 Å². The summed E-state index contributed by atoms with van der Waals surface area (Å²) >= 11 is 3.36. The summed E-state index contributed by atoms with van der Waals surface area (Å²) in [5.41, 5.74) is 0.586. The van der Waals surface area contributed by atoms with Gasteiger partial charge in [0.1, 0.15) is 12.4 Å². The largest absolute Gasteiger partial charge is 0.490 e. The van der Waals surface area contributed by atoms with Crippen LogP contribution in [0.3, 0.4) is 0 Å². The van der Waals surface area contributed by atoms with E-state index in [4.69, 9.17) is 14.2 Å². The van der Waals surface area contributed by atoms with Gasteiger partial charge in [-0.25, -0.2) is 0 Å². The molecular weight excluding hydrogens is 312 g/mol. The molecule has 0 unspecified atom stereocenters. The number of hydrogen-bond donors (Lipinski definition) is 0. The molecule has 0 saturated carbocycles. The highest BCUT2D eigenvalue weighted by atomic mass is 79.9. The minimum absolute atomic E-state index is 0.0106. The van der Waals surface area contributed by atoms with Crippen molar-refractivity contribution in [2.75, 3.05) is 33.5 Å². The number of halogens is 1. The quantitative estimate of drug-likeness (QED) is 0.515. The average Bonchev–Trinajstić information content (AvgIpc) is 2.37. The fourth-order valence-electron chi connectivity index (χ4n) is 1.52. The molecule has 0 amide bonds. The maximum Gasteiger partial charge on any atom is 0.163 e. The third kappa shape index (κ3) is 6.18. The molecule has 0 radical (unpaired) electrons. The van der Waals surface area contributed by atoms with Gasteiger partial charge in [-0.15, -0.1) is 0 Å². The summed E-state index contributed by atoms with van der Waals surface area (Å²) < 4.78 is 16.8. The number of methoxy groups -OCH3 is 1. The van der Waals surface area contributed by atoms with E-state index in [1.807, 2.05) is 6.07 Å². The lowest BCUT2D eigenvalue weighted by Gasteiger charge is -2.10. The van der Waals surface area contributed by atoms with Crippen LogP contribution in [0.25, 0.3) is 0 Å². The first-order valence-electron chi connectivity index (χ1n) is 6.15. The number of ketones is 1. The Balaban J connectivity index is 2.36. The van der Waals surface area contributed by atoms with E-state index in [0.717, 1.165) is 10.9 Å². The van der Waals surface area contributed by atoms with Crippen LogP contribution in [0.15, 0.2) is 22.7 Å². The first-order valence-corrected chi connectivity index (χ1v) is 6.94. The lowest BCUT2D eigenvalue weighted by atomic mass is 10.1. The molecule has 4 nitrogen and oxygen atoms in total. The highest BCUT2D eigenvalue weighted by Crippen LogP contribution is 2.24. The first-order chi connectivity index (χ1) is 9.15. The SMILES string of the molecule is COCCCOCCOc1cc(Br)ccc1C(C)=O. The van der Waals surface area contributed by atoms with Crippen LogP contribution in [0, 0.1) is 0 Å². The number of benzene rings is 1. The zero-order valence-electron chi connectivity index (χ0n) is 11.3. The molecule has 0 spiro atoms. The molecule has 19 heavy (non-hydrogen) atoms. The Labute approximate surface area is 122 Å². The van der Waals surface area contributed by atoms with Crippen LogP contribution in [0.5, 0.6) is 5.75 Å². The molecule has 0 atom stereocenters. The summed E-state index contributed by atoms with van der Waals surface area (Å²) in [6.45, 7) is 3.78. The van der Waals surface area contributed by atoms with Crippen molar-refractivity contribution in [1.29, 1.82) is 0 Å². The van der Waals surface area contributed by atoms with Gasteiger partial charge < -0.3 is 14.2 Å². The molecule has 1 aromatic rings. The summed E-state index contributed by atoms with van der Waals surface area (Å²) in [5.74, 6) is 0.575. The first kappa shape index (κ1) is 16.1. The lowest BCUT2D eigenvalue weighted by Crippen LogP contribution is -2.10. The van der Waals surface area contributed by atoms with Gasteiger partial charge in [-0.2, -0.15) is 0 Å². The van der Waals surface area contributed by atoms with Crippen molar-refractivity contribution < 1.29 is 19.0 Å². The summed E-state index contributed by atoms with van der Waals surface area (Å²) in [7, 11) is 1.67. The number of hydrogen-bond acceptors (Lipinski definition) is 4. The topological polar surface area (TPSA) is 44.8 Å². The van der Waals surface area contributed by atoms with Crippen molar-refractivity contribution in [2.45, 2.75) is 13.3 Å². The van der Waals surface area contributed by atoms with E-state index in [9.17, 15) is 4.79 Å². The second-order valence-electron chi connectivity index (χ2n) is 4.00. The highest BCUT2D eigenvalue weighted by molar-refractivity contribution is 9.10. The Morgan fingerprint density at radius 2 is 2.00 bits per heavy atom. The molecule has 1 rings (SSSR count). The zero-order chi connectivity index (χ0) is 14.1. The second-order valence-corrected chi connectivity index (χ2v) is 4.92. The molecule has 0 aliphatic carbocycles. The fourth-order valence-corrected chi connectivity index (χ4v) is 1.86. The lowest BCUT2D eigenvalue weighted by molar-refractivity contribution is 0.0799. The summed E-state index contributed by atoms with van der Waals surface area (Å²) in [6, 6.07) is 5.37. The molecule has 1 aromatic carbocycles. The average molecular weight is 331 g/mol. The van der Waals surface area contributed by atoms with Crippen molar-refractivity contribution in [3.8, 4) is 5.75 Å². The fraction of sp³-hybridized carbons (Fsp3) is 0.500. The second kappa shape index (κ2) is 9.07. The predicted molar refractivity (Wildman–Crippen MR) is 77.0 cm³/mol. The van der Waals surface area contributed by atoms with Crippen LogP contribution < -0.4 is 4.74 Å². The van der Waals surface area contributed by atoms with Crippen molar-refractivity contribution in [3.63, 3.8) is 0 Å². The number of rotatable bonds is 9. The van der Waals surface area contributed by atoms with Gasteiger partial charge in [-0.05, 0) is 31.5 Å². The highest BCUT2D eigenvalue weighted by Gasteiger charge is 2.08. The van der Waals surface area contributed by atoms with Gasteiger partial charge in [-0.1, -0.05) is 15.9 Å². The molecule has 0 saturated heterocycles. The van der Waals surface area contributed by atoms with E-state index in [2.05, 4.69) is 15.9 Å². The van der Waals surface area contributed by atoms with Crippen LogP contribution in [0.4, 0.5) is 0 Å². The monoisotopic (exact) mass is 330 g/mol. The van der Waals surface area contributed by atoms with E-state index < -0.39 is 0 Å². The van der Waals surface area contributed by atoms with E-state index in [1.54, 1.807) is 19.2 Å². The van der Waals surface area contributed by atoms with E-state index >= 15 is 0 Å². The molecule has 106 valence electrons. The minimum Gasteiger partial charge on any atom is -0.490 e. The summed E-state index contributed by atoms with van der Waals surface area (Å²) in [4.78, 5) is 11.4.